The van der Waals surface area contributed by atoms with E-state index in [4.69, 9.17) is 22.1 Å². The van der Waals surface area contributed by atoms with E-state index < -0.39 is 29.5 Å². The summed E-state index contributed by atoms with van der Waals surface area (Å²) in [5.74, 6) is -0.378. The van der Waals surface area contributed by atoms with Crippen LogP contribution in [0.25, 0.3) is 21.9 Å². The maximum Gasteiger partial charge on any atom is 0.418 e. The van der Waals surface area contributed by atoms with E-state index in [1.54, 1.807) is 20.6 Å². The number of urea groups is 1. The summed E-state index contributed by atoms with van der Waals surface area (Å²) in [6, 6.07) is 8.28. The van der Waals surface area contributed by atoms with E-state index in [1.165, 1.54) is 6.07 Å². The molecule has 4 aromatic rings. The maximum atomic E-state index is 14.0. The summed E-state index contributed by atoms with van der Waals surface area (Å²) in [6.07, 6.45) is -0.493. The second-order valence-corrected chi connectivity index (χ2v) is 13.9. The molecule has 4 N–H and O–H groups in total. The van der Waals surface area contributed by atoms with Crippen molar-refractivity contribution in [2.24, 2.45) is 0 Å². The zero-order valence-electron chi connectivity index (χ0n) is 27.9. The van der Waals surface area contributed by atoms with Crippen LogP contribution in [-0.4, -0.2) is 106 Å². The van der Waals surface area contributed by atoms with Gasteiger partial charge >= 0.3 is 17.9 Å². The smallest absolute Gasteiger partial charge is 0.397 e. The molecule has 3 amide bonds. The van der Waals surface area contributed by atoms with Crippen LogP contribution in [0.15, 0.2) is 47.4 Å². The first kappa shape index (κ1) is 35.1. The summed E-state index contributed by atoms with van der Waals surface area (Å²) >= 11 is 6.13. The number of rotatable bonds is 6. The molecule has 51 heavy (non-hydrogen) atoms. The first-order chi connectivity index (χ1) is 24.5. The number of carbonyl (C=O) groups is 2. The molecule has 2 aromatic carbocycles. The fraction of sp³-hybridized carbons (Fsp3) is 0.486. The van der Waals surface area contributed by atoms with Crippen LogP contribution in [0.3, 0.4) is 0 Å². The number of amides is 3. The molecule has 3 aliphatic rings. The minimum atomic E-state index is -4.76. The SMILES string of the molecule is Nc1c(Cl)cc(C[C@@H](NC(=O)N2CCC(n3c(=O)[nH]c4c5ccccc5ncc43)CC2)C(=O)N2CCN(C3CCOCC3)CC2)cc1C(F)(F)F. The van der Waals surface area contributed by atoms with Crippen LogP contribution in [0.1, 0.15) is 42.9 Å². The number of ether oxygens (including phenoxy) is 1. The molecule has 0 aliphatic carbocycles. The Kier molecular flexibility index (Phi) is 9.87. The zero-order chi connectivity index (χ0) is 35.9. The van der Waals surface area contributed by atoms with Crippen molar-refractivity contribution in [1.82, 2.24) is 34.6 Å². The number of nitrogens with two attached hydrogens (primary N) is 1. The lowest BCUT2D eigenvalue weighted by Crippen LogP contribution is -2.59. The van der Waals surface area contributed by atoms with Gasteiger partial charge in [-0.1, -0.05) is 29.8 Å². The number of H-pyrrole nitrogens is 1. The molecule has 5 heterocycles. The molecule has 0 saturated carbocycles. The van der Waals surface area contributed by atoms with Crippen molar-refractivity contribution >= 4 is 51.2 Å². The first-order valence-corrected chi connectivity index (χ1v) is 17.6. The molecule has 2 aromatic heterocycles. The van der Waals surface area contributed by atoms with Crippen LogP contribution in [0.5, 0.6) is 0 Å². The number of pyridine rings is 1. The number of halogens is 4. The van der Waals surface area contributed by atoms with Gasteiger partial charge in [-0.15, -0.1) is 0 Å². The zero-order valence-corrected chi connectivity index (χ0v) is 28.7. The maximum absolute atomic E-state index is 14.0. The number of benzene rings is 2. The standard InChI is InChI=1S/C35H40ClF3N8O4/c36-26-18-21(17-25(30(26)40)35(37,38)39)19-28(32(48)45-13-11-44(12-14-45)22-7-15-51-16-8-22)42-33(49)46-9-5-23(6-10-46)47-29-20-41-27-4-2-1-3-24(27)31(29)43-34(47)50/h1-4,17-18,20,22-23,28H,5-16,19,40H2,(H,42,49)(H,43,50)/t28-/m1/s1. The molecule has 3 saturated heterocycles. The Bertz CT molecular complexity index is 1980. The molecule has 3 fully saturated rings. The molecule has 7 rings (SSSR count). The van der Waals surface area contributed by atoms with Crippen LogP contribution >= 0.6 is 11.6 Å². The normalized spacial score (nSPS) is 19.1. The van der Waals surface area contributed by atoms with Gasteiger partial charge in [0.2, 0.25) is 5.91 Å². The topological polar surface area (TPSA) is 142 Å². The van der Waals surface area contributed by atoms with Crippen LogP contribution in [-0.2, 0) is 22.1 Å². The fourth-order valence-corrected chi connectivity index (χ4v) is 7.93. The number of anilines is 1. The highest BCUT2D eigenvalue weighted by molar-refractivity contribution is 6.33. The van der Waals surface area contributed by atoms with E-state index in [-0.39, 0.29) is 34.6 Å². The minimum absolute atomic E-state index is 0.125. The number of hydrogen-bond donors (Lipinski definition) is 3. The Morgan fingerprint density at radius 2 is 1.71 bits per heavy atom. The van der Waals surface area contributed by atoms with Crippen LogP contribution < -0.4 is 16.7 Å². The number of alkyl halides is 3. The number of likely N-dealkylation sites (tertiary alicyclic amines) is 1. The predicted octanol–water partition coefficient (Wildman–Crippen LogP) is 4.41. The minimum Gasteiger partial charge on any atom is -0.397 e. The summed E-state index contributed by atoms with van der Waals surface area (Å²) in [4.78, 5) is 54.0. The summed E-state index contributed by atoms with van der Waals surface area (Å²) in [5.41, 5.74) is 6.01. The van der Waals surface area contributed by atoms with Crippen molar-refractivity contribution in [3.05, 3.63) is 69.2 Å². The highest BCUT2D eigenvalue weighted by Crippen LogP contribution is 2.38. The van der Waals surface area contributed by atoms with Crippen molar-refractivity contribution in [1.29, 1.82) is 0 Å². The van der Waals surface area contributed by atoms with Gasteiger partial charge in [0.05, 0.1) is 39.0 Å². The number of carbonyl (C=O) groups excluding carboxylic acids is 2. The molecule has 1 atom stereocenters. The Hall–Kier alpha value is -4.34. The van der Waals surface area contributed by atoms with Gasteiger partial charge in [-0.25, -0.2) is 9.59 Å². The lowest BCUT2D eigenvalue weighted by atomic mass is 10.00. The van der Waals surface area contributed by atoms with Gasteiger partial charge in [0.15, 0.2) is 0 Å². The number of fused-ring (bicyclic) bond motifs is 3. The van der Waals surface area contributed by atoms with E-state index in [0.717, 1.165) is 29.8 Å². The van der Waals surface area contributed by atoms with Crippen molar-refractivity contribution in [2.45, 2.75) is 56.4 Å². The van der Waals surface area contributed by atoms with E-state index in [0.29, 0.717) is 82.4 Å². The quantitative estimate of drug-likeness (QED) is 0.250. The third-order valence-electron chi connectivity index (χ3n) is 10.4. The van der Waals surface area contributed by atoms with Gasteiger partial charge in [-0.2, -0.15) is 13.2 Å². The Balaban J connectivity index is 1.07. The van der Waals surface area contributed by atoms with Crippen LogP contribution in [0, 0.1) is 0 Å². The lowest BCUT2D eigenvalue weighted by molar-refractivity contribution is -0.137. The van der Waals surface area contributed by atoms with E-state index >= 15 is 0 Å². The largest absolute Gasteiger partial charge is 0.418 e. The molecule has 3 aliphatic heterocycles. The van der Waals surface area contributed by atoms with Crippen LogP contribution in [0.2, 0.25) is 5.02 Å². The number of piperazine rings is 1. The average Bonchev–Trinajstić information content (AvgIpc) is 3.48. The summed E-state index contributed by atoms with van der Waals surface area (Å²) < 4.78 is 48.7. The van der Waals surface area contributed by atoms with Gasteiger partial charge in [-0.05, 0) is 49.4 Å². The number of aromatic nitrogens is 3. The molecular formula is C35H40ClF3N8O4. The van der Waals surface area contributed by atoms with Crippen molar-refractivity contribution in [3.63, 3.8) is 0 Å². The highest BCUT2D eigenvalue weighted by atomic mass is 35.5. The van der Waals surface area contributed by atoms with Crippen LogP contribution in [0.4, 0.5) is 23.7 Å². The fourth-order valence-electron chi connectivity index (χ4n) is 7.69. The molecular weight excluding hydrogens is 689 g/mol. The van der Waals surface area contributed by atoms with Crippen molar-refractivity contribution in [3.8, 4) is 0 Å². The third kappa shape index (κ3) is 7.24. The molecule has 0 bridgehead atoms. The molecule has 12 nitrogen and oxygen atoms in total. The number of hydrogen-bond acceptors (Lipinski definition) is 7. The van der Waals surface area contributed by atoms with Gasteiger partial charge in [0.1, 0.15) is 6.04 Å². The molecule has 0 unspecified atom stereocenters. The molecule has 16 heteroatoms. The Morgan fingerprint density at radius 1 is 1.00 bits per heavy atom. The molecule has 0 spiro atoms. The first-order valence-electron chi connectivity index (χ1n) is 17.3. The highest BCUT2D eigenvalue weighted by Gasteiger charge is 2.37. The summed E-state index contributed by atoms with van der Waals surface area (Å²) in [5, 5.41) is 3.40. The Morgan fingerprint density at radius 3 is 2.41 bits per heavy atom. The van der Waals surface area contributed by atoms with E-state index in [1.807, 2.05) is 24.3 Å². The number of imidazole rings is 1. The second kappa shape index (κ2) is 14.4. The molecule has 272 valence electrons. The molecule has 0 radical (unpaired) electrons. The lowest BCUT2D eigenvalue weighted by Gasteiger charge is -2.41. The third-order valence-corrected chi connectivity index (χ3v) is 10.8. The van der Waals surface area contributed by atoms with E-state index in [2.05, 4.69) is 20.2 Å². The average molecular weight is 729 g/mol. The van der Waals surface area contributed by atoms with Crippen molar-refractivity contribution < 1.29 is 27.5 Å². The number of nitrogen functional groups attached to an aromatic ring is 1. The number of para-hydroxylation sites is 1. The summed E-state index contributed by atoms with van der Waals surface area (Å²) in [7, 11) is 0. The van der Waals surface area contributed by atoms with Gasteiger partial charge < -0.3 is 30.6 Å². The van der Waals surface area contributed by atoms with Gasteiger partial charge in [0, 0.05) is 76.4 Å². The Labute approximate surface area is 296 Å². The summed E-state index contributed by atoms with van der Waals surface area (Å²) in [6.45, 7) is 4.14. The number of aromatic amines is 1. The van der Waals surface area contributed by atoms with E-state index in [9.17, 15) is 27.6 Å². The number of nitrogens with zero attached hydrogens (tertiary/aromatic N) is 5. The van der Waals surface area contributed by atoms with Gasteiger partial charge in [0.25, 0.3) is 0 Å². The van der Waals surface area contributed by atoms with Gasteiger partial charge in [-0.3, -0.25) is 19.2 Å². The second-order valence-electron chi connectivity index (χ2n) is 13.5. The predicted molar refractivity (Wildman–Crippen MR) is 187 cm³/mol. The number of nitrogens with one attached hydrogen (secondary N) is 2. The number of piperidine rings is 1. The monoisotopic (exact) mass is 728 g/mol. The van der Waals surface area contributed by atoms with Crippen molar-refractivity contribution in [2.75, 3.05) is 58.2 Å².